The van der Waals surface area contributed by atoms with Crippen molar-refractivity contribution >= 4 is 51.1 Å². The van der Waals surface area contributed by atoms with Gasteiger partial charge in [-0.3, -0.25) is 4.90 Å². The number of nitrogens with zero attached hydrogens (tertiary/aromatic N) is 3. The highest BCUT2D eigenvalue weighted by molar-refractivity contribution is 14.1. The molecule has 10 heteroatoms. The van der Waals surface area contributed by atoms with E-state index < -0.39 is 6.10 Å². The molecule has 236 valence electrons. The number of benzene rings is 3. The Morgan fingerprint density at radius 1 is 0.977 bits per heavy atom. The van der Waals surface area contributed by atoms with Gasteiger partial charge in [-0.1, -0.05) is 44.2 Å². The zero-order chi connectivity index (χ0) is 31.2. The number of alkyl halides is 1. The molecule has 4 atom stereocenters. The first-order chi connectivity index (χ1) is 21.2. The Balaban J connectivity index is 1.31. The number of urea groups is 1. The third-order valence-corrected chi connectivity index (χ3v) is 9.98. The van der Waals surface area contributed by atoms with Crippen LogP contribution >= 0.6 is 22.6 Å². The van der Waals surface area contributed by atoms with Crippen molar-refractivity contribution in [2.45, 2.75) is 49.0 Å². The Hall–Kier alpha value is -2.96. The molecule has 2 amide bonds. The molecule has 2 saturated heterocycles. The van der Waals surface area contributed by atoms with Crippen LogP contribution in [0.4, 0.5) is 14.9 Å². The van der Waals surface area contributed by atoms with Crippen molar-refractivity contribution in [1.29, 1.82) is 0 Å². The number of hydrogen-bond donors (Lipinski definition) is 1. The number of piperidine rings is 1. The molecule has 2 unspecified atom stereocenters. The lowest BCUT2D eigenvalue weighted by atomic mass is 9.98. The molecular formula is C34H42FIN4O4. The van der Waals surface area contributed by atoms with Gasteiger partial charge in [0.25, 0.3) is 0 Å². The number of rotatable bonds is 9. The van der Waals surface area contributed by atoms with E-state index in [4.69, 9.17) is 9.47 Å². The lowest BCUT2D eigenvalue weighted by Gasteiger charge is -2.46. The van der Waals surface area contributed by atoms with Gasteiger partial charge in [0.1, 0.15) is 16.0 Å². The highest BCUT2D eigenvalue weighted by Crippen LogP contribution is 2.26. The van der Waals surface area contributed by atoms with E-state index in [1.807, 2.05) is 48.5 Å². The molecule has 2 aliphatic heterocycles. The molecule has 0 bridgehead atoms. The second-order valence-electron chi connectivity index (χ2n) is 12.1. The maximum atomic E-state index is 13.5. The van der Waals surface area contributed by atoms with Gasteiger partial charge >= 0.3 is 12.0 Å². The van der Waals surface area contributed by atoms with Crippen LogP contribution in [-0.2, 0) is 9.47 Å². The molecule has 0 radical (unpaired) electrons. The number of carbonyl (C=O) groups is 2. The minimum atomic E-state index is -0.493. The predicted molar refractivity (Wildman–Crippen MR) is 180 cm³/mol. The van der Waals surface area contributed by atoms with Crippen molar-refractivity contribution in [2.75, 3.05) is 51.3 Å². The van der Waals surface area contributed by atoms with Gasteiger partial charge in [0.15, 0.2) is 0 Å². The summed E-state index contributed by atoms with van der Waals surface area (Å²) < 4.78 is 25.1. The molecule has 1 N–H and O–H groups in total. The largest absolute Gasteiger partial charge is 0.455 e. The highest BCUT2D eigenvalue weighted by atomic mass is 127. The molecule has 2 aliphatic rings. The molecule has 0 spiro atoms. The fourth-order valence-corrected chi connectivity index (χ4v) is 6.73. The Labute approximate surface area is 273 Å². The van der Waals surface area contributed by atoms with Crippen LogP contribution in [0.3, 0.4) is 0 Å². The summed E-state index contributed by atoms with van der Waals surface area (Å²) in [6.45, 7) is 8.24. The number of likely N-dealkylation sites (tertiary alicyclic amines) is 1. The van der Waals surface area contributed by atoms with Gasteiger partial charge in [0.05, 0.1) is 24.2 Å². The number of esters is 1. The van der Waals surface area contributed by atoms with Gasteiger partial charge in [0, 0.05) is 45.5 Å². The minimum absolute atomic E-state index is 0.0263. The monoisotopic (exact) mass is 716 g/mol. The van der Waals surface area contributed by atoms with Crippen molar-refractivity contribution in [3.8, 4) is 0 Å². The molecule has 8 nitrogen and oxygen atoms in total. The number of hydrogen-bond acceptors (Lipinski definition) is 6. The maximum absolute atomic E-state index is 13.5. The molecule has 2 heterocycles. The van der Waals surface area contributed by atoms with Crippen LogP contribution in [0.5, 0.6) is 0 Å². The summed E-state index contributed by atoms with van der Waals surface area (Å²) in [7, 11) is 1.65. The molecule has 0 saturated carbocycles. The third-order valence-electron chi connectivity index (χ3n) is 8.61. The zero-order valence-corrected chi connectivity index (χ0v) is 27.8. The molecule has 3 aromatic rings. The zero-order valence-electron chi connectivity index (χ0n) is 25.6. The smallest absolute Gasteiger partial charge is 0.338 e. The van der Waals surface area contributed by atoms with Gasteiger partial charge < -0.3 is 24.6 Å². The van der Waals surface area contributed by atoms with Crippen LogP contribution in [0.25, 0.3) is 10.8 Å². The average molecular weight is 717 g/mol. The fraction of sp³-hybridized carbons (Fsp3) is 0.471. The number of amides is 2. The van der Waals surface area contributed by atoms with E-state index in [2.05, 4.69) is 51.6 Å². The first-order valence-electron chi connectivity index (χ1n) is 15.4. The molecule has 0 aliphatic carbocycles. The maximum Gasteiger partial charge on any atom is 0.338 e. The van der Waals surface area contributed by atoms with Crippen molar-refractivity contribution in [1.82, 2.24) is 15.1 Å². The third kappa shape index (κ3) is 8.00. The highest BCUT2D eigenvalue weighted by Gasteiger charge is 2.39. The Bertz CT molecular complexity index is 1420. The number of piperazine rings is 1. The number of nitrogens with one attached hydrogen (secondary N) is 1. The van der Waals surface area contributed by atoms with E-state index in [-0.39, 0.29) is 34.0 Å². The van der Waals surface area contributed by atoms with Crippen LogP contribution in [0.2, 0.25) is 0 Å². The number of ether oxygens (including phenoxy) is 2. The number of carbonyl (C=O) groups excluding carboxylic acids is 2. The Morgan fingerprint density at radius 3 is 2.36 bits per heavy atom. The summed E-state index contributed by atoms with van der Waals surface area (Å²) in [5.74, 6) is -0.240. The van der Waals surface area contributed by atoms with E-state index in [9.17, 15) is 14.0 Å². The van der Waals surface area contributed by atoms with Crippen molar-refractivity contribution in [3.63, 3.8) is 0 Å². The first kappa shape index (κ1) is 32.4. The molecule has 3 aromatic carbocycles. The standard InChI is InChI=1S/C34H42FIN4O4/c1-23(2)20-29(32(36)43-3)37-34(42)40-15-14-30(39-18-16-38(17-19-39)28-12-10-27(35)11-13-28)31(22-40)44-33(41)26-9-8-24-6-4-5-7-25(24)21-26/h4-13,21,23,29-32H,14-20,22H2,1-3H3,(H,37,42)/t29?,30-,31-,32?/m1/s1. The van der Waals surface area contributed by atoms with Gasteiger partial charge in [-0.25, -0.2) is 14.0 Å². The summed E-state index contributed by atoms with van der Waals surface area (Å²) in [6.07, 6.45) is 0.988. The molecule has 2 fully saturated rings. The average Bonchev–Trinajstić information content (AvgIpc) is 3.04. The van der Waals surface area contributed by atoms with Crippen molar-refractivity contribution in [3.05, 3.63) is 78.1 Å². The number of fused-ring (bicyclic) bond motifs is 1. The summed E-state index contributed by atoms with van der Waals surface area (Å²) in [4.78, 5) is 33.5. The quantitative estimate of drug-likeness (QED) is 0.168. The molecule has 0 aromatic heterocycles. The summed E-state index contributed by atoms with van der Waals surface area (Å²) >= 11 is 2.22. The number of halogens is 2. The minimum Gasteiger partial charge on any atom is -0.455 e. The normalized spacial score (nSPS) is 20.9. The van der Waals surface area contributed by atoms with Crippen LogP contribution in [0.1, 0.15) is 37.0 Å². The fourth-order valence-electron chi connectivity index (χ4n) is 6.26. The summed E-state index contributed by atoms with van der Waals surface area (Å²) in [5.41, 5.74) is 1.49. The topological polar surface area (TPSA) is 74.3 Å². The Kier molecular flexibility index (Phi) is 11.0. The SMILES string of the molecule is COC(I)C(CC(C)C)NC(=O)N1CC[C@@H](N2CCN(c3ccc(F)cc3)CC2)[C@H](OC(=O)c2ccc3ccccc3c2)C1. The second-order valence-corrected chi connectivity index (χ2v) is 13.3. The molecular weight excluding hydrogens is 674 g/mol. The van der Waals surface area contributed by atoms with Crippen LogP contribution in [0.15, 0.2) is 66.7 Å². The van der Waals surface area contributed by atoms with Gasteiger partial charge in [-0.2, -0.15) is 0 Å². The van der Waals surface area contributed by atoms with Gasteiger partial charge in [-0.05, 0) is 88.5 Å². The number of methoxy groups -OCH3 is 1. The lowest BCUT2D eigenvalue weighted by molar-refractivity contribution is -0.0315. The van der Waals surface area contributed by atoms with Gasteiger partial charge in [0.2, 0.25) is 0 Å². The van der Waals surface area contributed by atoms with Crippen molar-refractivity contribution < 1.29 is 23.5 Å². The van der Waals surface area contributed by atoms with E-state index in [1.165, 1.54) is 12.1 Å². The number of anilines is 1. The van der Waals surface area contributed by atoms with Crippen LogP contribution in [-0.4, -0.2) is 90.5 Å². The van der Waals surface area contributed by atoms with E-state index >= 15 is 0 Å². The van der Waals surface area contributed by atoms with Crippen LogP contribution < -0.4 is 10.2 Å². The van der Waals surface area contributed by atoms with E-state index in [1.54, 1.807) is 18.1 Å². The summed E-state index contributed by atoms with van der Waals surface area (Å²) in [6, 6.07) is 19.8. The van der Waals surface area contributed by atoms with Crippen molar-refractivity contribution in [2.24, 2.45) is 5.92 Å². The Morgan fingerprint density at radius 2 is 1.68 bits per heavy atom. The van der Waals surface area contributed by atoms with Crippen LogP contribution in [0, 0.1) is 11.7 Å². The first-order valence-corrected chi connectivity index (χ1v) is 16.6. The van der Waals surface area contributed by atoms with E-state index in [0.29, 0.717) is 31.0 Å². The molecule has 5 rings (SSSR count). The predicted octanol–water partition coefficient (Wildman–Crippen LogP) is 5.93. The van der Waals surface area contributed by atoms with E-state index in [0.717, 1.165) is 49.1 Å². The molecule has 44 heavy (non-hydrogen) atoms. The second kappa shape index (κ2) is 14.9. The van der Waals surface area contributed by atoms with Gasteiger partial charge in [-0.15, -0.1) is 0 Å². The summed E-state index contributed by atoms with van der Waals surface area (Å²) in [5, 5.41) is 5.22. The lowest BCUT2D eigenvalue weighted by Crippen LogP contribution is -2.62.